The number of pyridine rings is 2. The molecule has 1 aliphatic heterocycles. The Balaban J connectivity index is 0.000000123. The molecule has 1 fully saturated rings. The van der Waals surface area contributed by atoms with Crippen LogP contribution in [-0.2, 0) is 53.7 Å². The number of carbonyl (C=O) groups excluding carboxylic acids is 2. The molecule has 1 amide bonds. The second-order valence-electron chi connectivity index (χ2n) is 39.6. The summed E-state index contributed by atoms with van der Waals surface area (Å²) in [6.07, 6.45) is 17.3. The van der Waals surface area contributed by atoms with Gasteiger partial charge in [0.2, 0.25) is 5.91 Å². The molecule has 0 spiro atoms. The molecule has 0 bridgehead atoms. The van der Waals surface area contributed by atoms with Gasteiger partial charge in [-0.3, -0.25) is 14.8 Å². The third-order valence-corrected chi connectivity index (χ3v) is 29.9. The highest BCUT2D eigenvalue weighted by molar-refractivity contribution is 9.11. The first-order valence-electron chi connectivity index (χ1n) is 50.4. The number of aryl methyl sites for hydroxylation is 12. The predicted octanol–water partition coefficient (Wildman–Crippen LogP) is 37.6. The fourth-order valence-corrected chi connectivity index (χ4v) is 21.2. The molecule has 7 aromatic carbocycles. The van der Waals surface area contributed by atoms with E-state index in [1.54, 1.807) is 31.7 Å². The average molecular weight is 2300 g/mol. The normalized spacial score (nSPS) is 12.6. The van der Waals surface area contributed by atoms with Crippen LogP contribution in [0.3, 0.4) is 0 Å². The molecule has 18 nitrogen and oxygen atoms in total. The van der Waals surface area contributed by atoms with Crippen LogP contribution in [0, 0.1) is 47.5 Å². The molecule has 0 saturated carbocycles. The number of carbonyl (C=O) groups is 2. The summed E-state index contributed by atoms with van der Waals surface area (Å²) in [6, 6.07) is 76.1. The monoisotopic (exact) mass is 2300 g/mol. The Morgan fingerprint density at radius 1 is 0.373 bits per heavy atom. The maximum atomic E-state index is 12.7. The maximum absolute atomic E-state index is 12.7. The van der Waals surface area contributed by atoms with Gasteiger partial charge < -0.3 is 68.5 Å². The molecule has 150 heavy (non-hydrogen) atoms. The molecule has 1 unspecified atom stereocenters. The van der Waals surface area contributed by atoms with Crippen molar-refractivity contribution in [3.63, 3.8) is 0 Å². The van der Waals surface area contributed by atoms with E-state index < -0.39 is 11.2 Å². The molecule has 24 heteroatoms. The lowest BCUT2D eigenvalue weighted by molar-refractivity contribution is -0.132. The summed E-state index contributed by atoms with van der Waals surface area (Å²) in [4.78, 5) is 35.3. The molecule has 21 aromatic rings. The van der Waals surface area contributed by atoms with Crippen LogP contribution in [-0.4, -0.2) is 55.5 Å². The lowest BCUT2D eigenvalue weighted by Crippen LogP contribution is -2.37. The summed E-state index contributed by atoms with van der Waals surface area (Å²) in [7, 11) is 0. The number of hydrogen-bond acceptors (Lipinski definition) is 18. The van der Waals surface area contributed by atoms with Gasteiger partial charge in [0.15, 0.2) is 0 Å². The Hall–Kier alpha value is -13.1. The van der Waals surface area contributed by atoms with E-state index in [4.69, 9.17) is 60.2 Å². The first-order chi connectivity index (χ1) is 71.9. The van der Waals surface area contributed by atoms with E-state index in [9.17, 15) is 19.8 Å². The number of amides is 1. The molecule has 0 aliphatic carbocycles. The van der Waals surface area contributed by atoms with Crippen LogP contribution in [0.2, 0.25) is 4.34 Å². The number of halogens is 5. The Labute approximate surface area is 915 Å². The molecule has 2 N–H and O–H groups in total. The van der Waals surface area contributed by atoms with Gasteiger partial charge in [-0.15, -0.1) is 24.5 Å². The number of allylic oxidation sites excluding steroid dienone is 2. The summed E-state index contributed by atoms with van der Waals surface area (Å²) in [6.45, 7) is 34.9. The fraction of sp³-hybridized carbons (Fsp3) is 0.254. The second-order valence-corrected chi connectivity index (χ2v) is 45.0. The number of nitrogens with zero attached hydrogens (tertiary/aromatic N) is 3. The van der Waals surface area contributed by atoms with Crippen molar-refractivity contribution in [1.82, 2.24) is 14.9 Å². The number of aliphatic hydroxyl groups is 2. The molecule has 15 heterocycles. The van der Waals surface area contributed by atoms with Crippen molar-refractivity contribution in [2.45, 2.75) is 191 Å². The number of aromatic nitrogens is 2. The number of Topliss-reactive ketones (excluding diaryl/α,β-unsaturated/α-hetero) is 1. The number of thiophene rings is 1. The van der Waals surface area contributed by atoms with Crippen LogP contribution in [0.15, 0.2) is 346 Å². The lowest BCUT2D eigenvalue weighted by atomic mass is 9.89. The topological polar surface area (TPSA) is 248 Å². The number of likely N-dealkylation sites (tertiary alicyclic amines) is 1. The van der Waals surface area contributed by atoms with Crippen molar-refractivity contribution < 1.29 is 68.4 Å². The van der Waals surface area contributed by atoms with Gasteiger partial charge in [0.05, 0.1) is 43.4 Å². The van der Waals surface area contributed by atoms with Gasteiger partial charge in [-0.1, -0.05) is 135 Å². The van der Waals surface area contributed by atoms with Crippen LogP contribution in [0.25, 0.3) is 155 Å². The Bertz CT molecular complexity index is 8330. The van der Waals surface area contributed by atoms with Crippen LogP contribution in [0.1, 0.15) is 174 Å². The van der Waals surface area contributed by atoms with Crippen molar-refractivity contribution in [3.05, 3.63) is 376 Å². The number of piperidine rings is 1. The molecule has 0 radical (unpaired) electrons. The van der Waals surface area contributed by atoms with E-state index in [1.807, 2.05) is 281 Å². The second kappa shape index (κ2) is 48.1. The largest absolute Gasteiger partial charge is 0.461 e. The minimum absolute atomic E-state index is 0.151. The molecule has 1 saturated heterocycles. The van der Waals surface area contributed by atoms with E-state index >= 15 is 0 Å². The third kappa shape index (κ3) is 26.7. The SMILES string of the molecule is C=C(C)CCc1oc2cc(-c3ccncc3)ccc2c1-c1ccc(C)o1.C=C(C)CCc1oc2cc(Br)ccc2c1-c1ccc(C)o1.CC(=O)CCc1oc2ccc(-c3ccncc3)cc2c1-c1ccc(Cl)s1.Cc1ccc(-c2c(CCC(=O)N3CCC(C)CC3)oc3ccc(Br)cc23)o1.Cc1ccc(-c2c(CCC(C)(C)O)oc3ccc(Br)cc23)o1.Cc1ccc(C(C)(O)CCc2oc3ccc(Br)cc3c2-c2ccc(C)o2)cc1. The highest BCUT2D eigenvalue weighted by Crippen LogP contribution is 2.48. The van der Waals surface area contributed by atoms with Gasteiger partial charge >= 0.3 is 0 Å². The summed E-state index contributed by atoms with van der Waals surface area (Å²) in [5, 5.41) is 27.3. The van der Waals surface area contributed by atoms with Crippen LogP contribution in [0.4, 0.5) is 0 Å². The first kappa shape index (κ1) is 108. The van der Waals surface area contributed by atoms with Gasteiger partial charge in [0.1, 0.15) is 131 Å². The third-order valence-electron chi connectivity index (χ3n) is 26.6. The number of ketones is 1. The van der Waals surface area contributed by atoms with Gasteiger partial charge in [-0.05, 0) is 349 Å². The van der Waals surface area contributed by atoms with E-state index in [2.05, 4.69) is 124 Å². The molecular weight excluding hydrogens is 2180 g/mol. The predicted molar refractivity (Wildman–Crippen MR) is 617 cm³/mol. The van der Waals surface area contributed by atoms with Gasteiger partial charge in [0.25, 0.3) is 0 Å². The molecule has 1 atom stereocenters. The van der Waals surface area contributed by atoms with Crippen LogP contribution >= 0.6 is 86.7 Å². The maximum Gasteiger partial charge on any atom is 0.223 e. The Kier molecular flexibility index (Phi) is 34.7. The van der Waals surface area contributed by atoms with Crippen molar-refractivity contribution in [2.75, 3.05) is 13.1 Å². The molecule has 1 aliphatic rings. The highest BCUT2D eigenvalue weighted by atomic mass is 79.9. The molecular formula is C126H120Br4ClN3O15S. The summed E-state index contributed by atoms with van der Waals surface area (Å²) in [5.74, 6) is 14.8. The summed E-state index contributed by atoms with van der Waals surface area (Å²) < 4.78 is 70.8. The van der Waals surface area contributed by atoms with E-state index in [0.29, 0.717) is 51.4 Å². The molecule has 770 valence electrons. The van der Waals surface area contributed by atoms with Gasteiger partial charge in [-0.2, -0.15) is 0 Å². The number of hydrogen-bond donors (Lipinski definition) is 2. The van der Waals surface area contributed by atoms with Crippen LogP contribution < -0.4 is 0 Å². The van der Waals surface area contributed by atoms with Gasteiger partial charge in [-0.25, -0.2) is 0 Å². The zero-order valence-corrected chi connectivity index (χ0v) is 94.3. The van der Waals surface area contributed by atoms with E-state index in [1.165, 1.54) is 16.9 Å². The first-order valence-corrected chi connectivity index (χ1v) is 54.7. The Morgan fingerprint density at radius 2 is 0.720 bits per heavy atom. The Morgan fingerprint density at radius 3 is 1.12 bits per heavy atom. The molecule has 14 aromatic heterocycles. The number of benzene rings is 7. The zero-order chi connectivity index (χ0) is 106. The average Bonchev–Trinajstić information content (AvgIpc) is 1.59. The van der Waals surface area contributed by atoms with E-state index in [-0.39, 0.29) is 11.7 Å². The summed E-state index contributed by atoms with van der Waals surface area (Å²) in [5.41, 5.74) is 18.2. The smallest absolute Gasteiger partial charge is 0.223 e. The molecule has 22 rings (SSSR count). The van der Waals surface area contributed by atoms with Gasteiger partial charge in [0, 0.05) is 150 Å². The zero-order valence-electron chi connectivity index (χ0n) is 86.4. The highest BCUT2D eigenvalue weighted by Gasteiger charge is 2.31. The van der Waals surface area contributed by atoms with Crippen molar-refractivity contribution in [1.29, 1.82) is 0 Å². The number of rotatable bonds is 27. The lowest BCUT2D eigenvalue weighted by Gasteiger charge is -2.30. The van der Waals surface area contributed by atoms with Crippen molar-refractivity contribution in [2.24, 2.45) is 5.92 Å². The summed E-state index contributed by atoms with van der Waals surface area (Å²) >= 11 is 21.8. The van der Waals surface area contributed by atoms with Crippen LogP contribution in [0.5, 0.6) is 0 Å². The van der Waals surface area contributed by atoms with Crippen molar-refractivity contribution >= 4 is 164 Å². The quantitative estimate of drug-likeness (QED) is 0.0454. The minimum atomic E-state index is -0.941. The standard InChI is InChI=1S/C24H23BrO3.C23H21NO2.C22H24BrNO3.C21H16ClNO2S.C18H19BrO3.C18H17BrO2/c1-15-4-7-17(8-5-15)24(3,26)13-12-22-23(21-10-6-16(2)27-21)19-14-18(25)9-11-20(19)28-22;1-15(2)4-8-21-23(20-9-5-16(3)25-20)19-7-6-18(14-22(19)26-21)17-10-12-24-13-11-17;1-14-9-11-24(12-10-14)21(25)8-7-20-22(19-5-3-15(2)26-19)17-13-16(23)4-6-18(17)27-20;1-13(24)2-4-18-21(19-6-7-20(22)26-19)16-12-15(3-5-17(16)25-18)14-8-10-23-11-9-14;1-11-4-6-15(21-11)17-13-10-12(19)5-7-14(13)22-16(17)8-9-18(2,3)20;1-11(2)4-8-16-18(15-9-5-12(3)20-15)14-7-6-13(19)10-17(14)21-16/h4-11,14,26H,12-13H2,1-3H3;5-7,9-14H,1,4,8H2,2-3H3;3-6,13-14H,7-12H2,1-2H3;3,5-12H,2,4H2,1H3;4-7,10,20H,8-9H2,1-3H3;5-7,9-10H,1,4,8H2,2-3H3. The fourth-order valence-electron chi connectivity index (χ4n) is 18.6. The van der Waals surface area contributed by atoms with Crippen molar-refractivity contribution in [3.8, 4) is 89.3 Å². The number of fused-ring (bicyclic) bond motifs is 6. The minimum Gasteiger partial charge on any atom is -0.461 e. The van der Waals surface area contributed by atoms with E-state index in [0.717, 1.165) is 315 Å². The number of furan rings is 11.